The molecular weight excluding hydrogens is 303 g/mol. The van der Waals surface area contributed by atoms with Gasteiger partial charge < -0.3 is 4.90 Å². The summed E-state index contributed by atoms with van der Waals surface area (Å²) in [6.45, 7) is 2.60. The lowest BCUT2D eigenvalue weighted by atomic mass is 9.80. The van der Waals surface area contributed by atoms with Gasteiger partial charge in [-0.1, -0.05) is 38.0 Å². The lowest BCUT2D eigenvalue weighted by molar-refractivity contribution is -0.186. The maximum absolute atomic E-state index is 13.0. The van der Waals surface area contributed by atoms with E-state index >= 15 is 0 Å². The van der Waals surface area contributed by atoms with E-state index in [0.29, 0.717) is 19.4 Å². The van der Waals surface area contributed by atoms with Crippen LogP contribution in [-0.2, 0) is 4.79 Å². The van der Waals surface area contributed by atoms with Crippen LogP contribution in [0.5, 0.6) is 0 Å². The predicted octanol–water partition coefficient (Wildman–Crippen LogP) is 5.19. The van der Waals surface area contributed by atoms with E-state index < -0.39 is 18.0 Å². The number of unbranched alkanes of at least 4 members (excludes halogenated alkanes) is 1. The first-order valence-corrected chi connectivity index (χ1v) is 8.36. The molecule has 2 atom stereocenters. The average Bonchev–Trinajstić information content (AvgIpc) is 2.55. The third kappa shape index (κ3) is 4.72. The molecule has 0 saturated heterocycles. The van der Waals surface area contributed by atoms with Gasteiger partial charge in [0.25, 0.3) is 0 Å². The summed E-state index contributed by atoms with van der Waals surface area (Å²) >= 11 is 0. The highest BCUT2D eigenvalue weighted by atomic mass is 19.4. The van der Waals surface area contributed by atoms with Crippen LogP contribution < -0.4 is 4.90 Å². The van der Waals surface area contributed by atoms with E-state index in [-0.39, 0.29) is 18.7 Å². The summed E-state index contributed by atoms with van der Waals surface area (Å²) in [6.07, 6.45) is -1.31. The highest BCUT2D eigenvalue weighted by molar-refractivity contribution is 5.95. The van der Waals surface area contributed by atoms with Crippen molar-refractivity contribution < 1.29 is 18.0 Å². The van der Waals surface area contributed by atoms with Crippen LogP contribution in [0.1, 0.15) is 45.4 Å². The van der Waals surface area contributed by atoms with Crippen molar-refractivity contribution >= 4 is 11.6 Å². The van der Waals surface area contributed by atoms with Crippen molar-refractivity contribution in [3.05, 3.63) is 30.3 Å². The molecule has 0 radical (unpaired) electrons. The number of rotatable bonds is 5. The van der Waals surface area contributed by atoms with E-state index in [1.807, 2.05) is 37.3 Å². The Kier molecular flexibility index (Phi) is 6.08. The van der Waals surface area contributed by atoms with Gasteiger partial charge in [0, 0.05) is 18.2 Å². The second-order valence-corrected chi connectivity index (χ2v) is 6.28. The minimum atomic E-state index is -4.19. The fraction of sp³-hybridized carbons (Fsp3) is 0.611. The molecule has 0 aliphatic heterocycles. The molecule has 1 fully saturated rings. The average molecular weight is 327 g/mol. The molecule has 5 heteroatoms. The second-order valence-electron chi connectivity index (χ2n) is 6.28. The largest absolute Gasteiger partial charge is 0.391 e. The molecule has 23 heavy (non-hydrogen) atoms. The minimum Gasteiger partial charge on any atom is -0.312 e. The first-order chi connectivity index (χ1) is 10.9. The topological polar surface area (TPSA) is 20.3 Å². The summed E-state index contributed by atoms with van der Waals surface area (Å²) < 4.78 is 38.9. The van der Waals surface area contributed by atoms with Gasteiger partial charge in [-0.15, -0.1) is 0 Å². The Morgan fingerprint density at radius 2 is 1.91 bits per heavy atom. The number of carbonyl (C=O) groups is 1. The maximum Gasteiger partial charge on any atom is 0.391 e. The minimum absolute atomic E-state index is 0.0716. The SMILES string of the molecule is CCCCN(C(=O)C1CCCC(C(F)(F)F)C1)c1ccccc1. The molecule has 0 N–H and O–H groups in total. The van der Waals surface area contributed by atoms with Gasteiger partial charge in [0.1, 0.15) is 0 Å². The quantitative estimate of drug-likeness (QED) is 0.729. The highest BCUT2D eigenvalue weighted by Crippen LogP contribution is 2.40. The lowest BCUT2D eigenvalue weighted by Gasteiger charge is -2.33. The number of nitrogens with zero attached hydrogens (tertiary/aromatic N) is 1. The van der Waals surface area contributed by atoms with E-state index in [0.717, 1.165) is 18.5 Å². The third-order valence-electron chi connectivity index (χ3n) is 4.56. The first-order valence-electron chi connectivity index (χ1n) is 8.36. The van der Waals surface area contributed by atoms with Crippen molar-refractivity contribution in [3.8, 4) is 0 Å². The number of halogens is 3. The zero-order valence-corrected chi connectivity index (χ0v) is 13.5. The van der Waals surface area contributed by atoms with Gasteiger partial charge in [-0.3, -0.25) is 4.79 Å². The van der Waals surface area contributed by atoms with Gasteiger partial charge in [-0.2, -0.15) is 13.2 Å². The highest BCUT2D eigenvalue weighted by Gasteiger charge is 2.44. The molecule has 2 rings (SSSR count). The Hall–Kier alpha value is -1.52. The number of hydrogen-bond donors (Lipinski definition) is 0. The van der Waals surface area contributed by atoms with E-state index in [4.69, 9.17) is 0 Å². The van der Waals surface area contributed by atoms with Crippen LogP contribution >= 0.6 is 0 Å². The standard InChI is InChI=1S/C18H24F3NO/c1-2-3-12-22(16-10-5-4-6-11-16)17(23)14-8-7-9-15(13-14)18(19,20)21/h4-6,10-11,14-15H,2-3,7-9,12-13H2,1H3. The number of benzene rings is 1. The summed E-state index contributed by atoms with van der Waals surface area (Å²) in [5.41, 5.74) is 0.778. The summed E-state index contributed by atoms with van der Waals surface area (Å²) in [5, 5.41) is 0. The Balaban J connectivity index is 2.13. The molecular formula is C18H24F3NO. The number of alkyl halides is 3. The Morgan fingerprint density at radius 1 is 1.22 bits per heavy atom. The third-order valence-corrected chi connectivity index (χ3v) is 4.56. The van der Waals surface area contributed by atoms with Gasteiger partial charge in [-0.05, 0) is 37.8 Å². The fourth-order valence-corrected chi connectivity index (χ4v) is 3.22. The van der Waals surface area contributed by atoms with Crippen LogP contribution in [0.3, 0.4) is 0 Å². The summed E-state index contributed by atoms with van der Waals surface area (Å²) in [4.78, 5) is 14.5. The van der Waals surface area contributed by atoms with Gasteiger partial charge >= 0.3 is 6.18 Å². The number of amides is 1. The number of hydrogen-bond acceptors (Lipinski definition) is 1. The predicted molar refractivity (Wildman–Crippen MR) is 85.2 cm³/mol. The van der Waals surface area contributed by atoms with Crippen LogP contribution in [0.2, 0.25) is 0 Å². The van der Waals surface area contributed by atoms with Crippen LogP contribution in [0, 0.1) is 11.8 Å². The molecule has 2 nitrogen and oxygen atoms in total. The summed E-state index contributed by atoms with van der Waals surface area (Å²) in [5.74, 6) is -2.01. The van der Waals surface area contributed by atoms with Crippen molar-refractivity contribution in [1.29, 1.82) is 0 Å². The van der Waals surface area contributed by atoms with Crippen LogP contribution in [0.25, 0.3) is 0 Å². The summed E-state index contributed by atoms with van der Waals surface area (Å²) in [6, 6.07) is 9.25. The lowest BCUT2D eigenvalue weighted by Crippen LogP contribution is -2.41. The van der Waals surface area contributed by atoms with Crippen molar-refractivity contribution in [2.45, 2.75) is 51.6 Å². The molecule has 0 aromatic heterocycles. The fourth-order valence-electron chi connectivity index (χ4n) is 3.22. The molecule has 2 unspecified atom stereocenters. The van der Waals surface area contributed by atoms with E-state index in [1.54, 1.807) is 4.90 Å². The number of carbonyl (C=O) groups excluding carboxylic acids is 1. The molecule has 1 aliphatic rings. The van der Waals surface area contributed by atoms with Gasteiger partial charge in [0.05, 0.1) is 5.92 Å². The molecule has 1 aliphatic carbocycles. The van der Waals surface area contributed by atoms with Crippen LogP contribution in [0.4, 0.5) is 18.9 Å². The molecule has 1 amide bonds. The van der Waals surface area contributed by atoms with Crippen molar-refractivity contribution in [1.82, 2.24) is 0 Å². The Morgan fingerprint density at radius 3 is 2.52 bits per heavy atom. The molecule has 1 aromatic rings. The van der Waals surface area contributed by atoms with Gasteiger partial charge in [0.15, 0.2) is 0 Å². The van der Waals surface area contributed by atoms with E-state index in [1.165, 1.54) is 0 Å². The summed E-state index contributed by atoms with van der Waals surface area (Å²) in [7, 11) is 0. The molecule has 128 valence electrons. The van der Waals surface area contributed by atoms with Crippen molar-refractivity contribution in [2.24, 2.45) is 11.8 Å². The van der Waals surface area contributed by atoms with Gasteiger partial charge in [0.2, 0.25) is 5.91 Å². The molecule has 0 spiro atoms. The van der Waals surface area contributed by atoms with Crippen molar-refractivity contribution in [2.75, 3.05) is 11.4 Å². The maximum atomic E-state index is 13.0. The van der Waals surface area contributed by atoms with E-state index in [2.05, 4.69) is 0 Å². The zero-order chi connectivity index (χ0) is 16.9. The molecule has 0 bridgehead atoms. The second kappa shape index (κ2) is 7.84. The van der Waals surface area contributed by atoms with Crippen LogP contribution in [0.15, 0.2) is 30.3 Å². The van der Waals surface area contributed by atoms with E-state index in [9.17, 15) is 18.0 Å². The zero-order valence-electron chi connectivity index (χ0n) is 13.5. The first kappa shape index (κ1) is 17.8. The normalized spacial score (nSPS) is 21.9. The smallest absolute Gasteiger partial charge is 0.312 e. The number of anilines is 1. The molecule has 0 heterocycles. The molecule has 1 saturated carbocycles. The van der Waals surface area contributed by atoms with Crippen LogP contribution in [-0.4, -0.2) is 18.6 Å². The van der Waals surface area contributed by atoms with Crippen molar-refractivity contribution in [3.63, 3.8) is 0 Å². The molecule has 1 aromatic carbocycles. The Bertz CT molecular complexity index is 501. The monoisotopic (exact) mass is 327 g/mol. The Labute approximate surface area is 135 Å². The number of para-hydroxylation sites is 1. The van der Waals surface area contributed by atoms with Gasteiger partial charge in [-0.25, -0.2) is 0 Å².